The Kier molecular flexibility index (Phi) is 2.28. The number of allylic oxidation sites excluding steroid dienone is 2. The van der Waals surface area contributed by atoms with Gasteiger partial charge in [-0.05, 0) is 21.0 Å². The van der Waals surface area contributed by atoms with Gasteiger partial charge in [0.1, 0.15) is 0 Å². The third kappa shape index (κ3) is 1.71. The standard InChI is InChI=1S/C9H15N/c1-8-5-4-6-9(8)7-10(2)3/h4-6,9H,7H2,1-3H3. The van der Waals surface area contributed by atoms with E-state index in [9.17, 15) is 0 Å². The van der Waals surface area contributed by atoms with Crippen LogP contribution < -0.4 is 0 Å². The van der Waals surface area contributed by atoms with Crippen LogP contribution in [0.5, 0.6) is 0 Å². The molecule has 1 heteroatoms. The normalized spacial score (nSPS) is 24.0. The van der Waals surface area contributed by atoms with E-state index in [4.69, 9.17) is 0 Å². The van der Waals surface area contributed by atoms with Crippen LogP contribution in [-0.2, 0) is 0 Å². The molecule has 1 nitrogen and oxygen atoms in total. The quantitative estimate of drug-likeness (QED) is 0.559. The Hall–Kier alpha value is -0.560. The molecule has 0 aromatic heterocycles. The smallest absolute Gasteiger partial charge is 0.0108 e. The molecule has 1 aliphatic rings. The average molecular weight is 137 g/mol. The van der Waals surface area contributed by atoms with Crippen molar-refractivity contribution in [2.45, 2.75) is 6.92 Å². The maximum absolute atomic E-state index is 2.26. The molecule has 1 rings (SSSR count). The second kappa shape index (κ2) is 3.02. The van der Waals surface area contributed by atoms with Crippen LogP contribution in [0.25, 0.3) is 0 Å². The molecule has 0 saturated heterocycles. The van der Waals surface area contributed by atoms with Gasteiger partial charge in [-0.3, -0.25) is 0 Å². The van der Waals surface area contributed by atoms with Crippen molar-refractivity contribution in [2.75, 3.05) is 20.6 Å². The van der Waals surface area contributed by atoms with Gasteiger partial charge in [-0.1, -0.05) is 23.8 Å². The van der Waals surface area contributed by atoms with Gasteiger partial charge in [0.2, 0.25) is 0 Å². The molecule has 0 aromatic carbocycles. The Bertz CT molecular complexity index is 166. The molecule has 1 unspecified atom stereocenters. The van der Waals surface area contributed by atoms with Crippen LogP contribution >= 0.6 is 0 Å². The highest BCUT2D eigenvalue weighted by Gasteiger charge is 2.10. The van der Waals surface area contributed by atoms with Crippen molar-refractivity contribution in [1.82, 2.24) is 4.90 Å². The van der Waals surface area contributed by atoms with Crippen molar-refractivity contribution in [2.24, 2.45) is 5.92 Å². The topological polar surface area (TPSA) is 3.24 Å². The molecule has 0 fully saturated rings. The van der Waals surface area contributed by atoms with Gasteiger partial charge in [0.05, 0.1) is 0 Å². The first-order valence-corrected chi connectivity index (χ1v) is 3.70. The van der Waals surface area contributed by atoms with Gasteiger partial charge in [0.25, 0.3) is 0 Å². The van der Waals surface area contributed by atoms with Crippen LogP contribution in [0.3, 0.4) is 0 Å². The summed E-state index contributed by atoms with van der Waals surface area (Å²) in [6.45, 7) is 3.33. The summed E-state index contributed by atoms with van der Waals surface area (Å²) in [5, 5.41) is 0. The van der Waals surface area contributed by atoms with Crippen LogP contribution in [0.2, 0.25) is 0 Å². The van der Waals surface area contributed by atoms with Crippen molar-refractivity contribution in [3.63, 3.8) is 0 Å². The highest BCUT2D eigenvalue weighted by atomic mass is 15.1. The second-order valence-electron chi connectivity index (χ2n) is 3.16. The monoisotopic (exact) mass is 137 g/mol. The molecule has 1 atom stereocenters. The zero-order chi connectivity index (χ0) is 7.56. The third-order valence-corrected chi connectivity index (χ3v) is 1.85. The first kappa shape index (κ1) is 7.55. The predicted molar refractivity (Wildman–Crippen MR) is 44.9 cm³/mol. The summed E-state index contributed by atoms with van der Waals surface area (Å²) < 4.78 is 0. The molecular weight excluding hydrogens is 122 g/mol. The molecule has 0 N–H and O–H groups in total. The van der Waals surface area contributed by atoms with Gasteiger partial charge in [0, 0.05) is 12.5 Å². The number of rotatable bonds is 2. The van der Waals surface area contributed by atoms with Crippen LogP contribution in [0.1, 0.15) is 6.92 Å². The van der Waals surface area contributed by atoms with Crippen LogP contribution in [-0.4, -0.2) is 25.5 Å². The van der Waals surface area contributed by atoms with Gasteiger partial charge in [-0.25, -0.2) is 0 Å². The largest absolute Gasteiger partial charge is 0.308 e. The van der Waals surface area contributed by atoms with E-state index in [2.05, 4.69) is 44.1 Å². The highest BCUT2D eigenvalue weighted by Crippen LogP contribution is 2.18. The van der Waals surface area contributed by atoms with E-state index in [1.165, 1.54) is 5.57 Å². The molecule has 0 heterocycles. The Morgan fingerprint density at radius 3 is 2.60 bits per heavy atom. The van der Waals surface area contributed by atoms with Gasteiger partial charge in [-0.15, -0.1) is 0 Å². The predicted octanol–water partition coefficient (Wildman–Crippen LogP) is 1.68. The van der Waals surface area contributed by atoms with Gasteiger partial charge in [-0.2, -0.15) is 0 Å². The molecule has 0 spiro atoms. The summed E-state index contributed by atoms with van der Waals surface area (Å²) in [4.78, 5) is 2.22. The molecule has 0 aromatic rings. The number of nitrogens with zero attached hydrogens (tertiary/aromatic N) is 1. The Morgan fingerprint density at radius 2 is 2.20 bits per heavy atom. The lowest BCUT2D eigenvalue weighted by Crippen LogP contribution is -2.20. The first-order valence-electron chi connectivity index (χ1n) is 3.70. The van der Waals surface area contributed by atoms with Crippen molar-refractivity contribution >= 4 is 0 Å². The van der Waals surface area contributed by atoms with Gasteiger partial charge < -0.3 is 4.90 Å². The van der Waals surface area contributed by atoms with Crippen molar-refractivity contribution in [1.29, 1.82) is 0 Å². The molecule has 0 bridgehead atoms. The summed E-state index contributed by atoms with van der Waals surface area (Å²) in [5.74, 6) is 0.662. The summed E-state index contributed by atoms with van der Waals surface area (Å²) in [5.41, 5.74) is 1.48. The van der Waals surface area contributed by atoms with Crippen LogP contribution in [0.15, 0.2) is 23.8 Å². The van der Waals surface area contributed by atoms with E-state index in [1.54, 1.807) is 0 Å². The van der Waals surface area contributed by atoms with E-state index < -0.39 is 0 Å². The molecule has 0 radical (unpaired) electrons. The molecule has 0 aliphatic heterocycles. The lowest BCUT2D eigenvalue weighted by molar-refractivity contribution is 0.380. The van der Waals surface area contributed by atoms with Crippen molar-refractivity contribution < 1.29 is 0 Å². The van der Waals surface area contributed by atoms with E-state index in [0.29, 0.717) is 5.92 Å². The lowest BCUT2D eigenvalue weighted by atomic mass is 10.0. The molecule has 0 amide bonds. The molecule has 0 saturated carbocycles. The lowest BCUT2D eigenvalue weighted by Gasteiger charge is -2.15. The maximum atomic E-state index is 2.26. The van der Waals surface area contributed by atoms with Crippen LogP contribution in [0, 0.1) is 5.92 Å². The Morgan fingerprint density at radius 1 is 1.50 bits per heavy atom. The van der Waals surface area contributed by atoms with E-state index in [-0.39, 0.29) is 0 Å². The minimum Gasteiger partial charge on any atom is -0.308 e. The Balaban J connectivity index is 2.43. The Labute approximate surface area is 63.0 Å². The summed E-state index contributed by atoms with van der Waals surface area (Å²) in [7, 11) is 4.22. The number of hydrogen-bond acceptors (Lipinski definition) is 1. The van der Waals surface area contributed by atoms with Gasteiger partial charge in [0.15, 0.2) is 0 Å². The van der Waals surface area contributed by atoms with Crippen molar-refractivity contribution in [3.8, 4) is 0 Å². The average Bonchev–Trinajstić information content (AvgIpc) is 2.15. The van der Waals surface area contributed by atoms with E-state index >= 15 is 0 Å². The first-order chi connectivity index (χ1) is 4.70. The summed E-state index contributed by atoms with van der Waals surface area (Å²) in [6.07, 6.45) is 6.59. The fourth-order valence-corrected chi connectivity index (χ4v) is 1.22. The van der Waals surface area contributed by atoms with Crippen molar-refractivity contribution in [3.05, 3.63) is 23.8 Å². The zero-order valence-corrected chi connectivity index (χ0v) is 6.96. The van der Waals surface area contributed by atoms with E-state index in [1.807, 2.05) is 0 Å². The highest BCUT2D eigenvalue weighted by molar-refractivity contribution is 5.25. The summed E-state index contributed by atoms with van der Waals surface area (Å²) >= 11 is 0. The van der Waals surface area contributed by atoms with Crippen LogP contribution in [0.4, 0.5) is 0 Å². The molecule has 56 valence electrons. The second-order valence-corrected chi connectivity index (χ2v) is 3.16. The fraction of sp³-hybridized carbons (Fsp3) is 0.556. The zero-order valence-electron chi connectivity index (χ0n) is 6.96. The maximum Gasteiger partial charge on any atom is 0.0108 e. The molecule has 1 aliphatic carbocycles. The number of hydrogen-bond donors (Lipinski definition) is 0. The fourth-order valence-electron chi connectivity index (χ4n) is 1.22. The minimum atomic E-state index is 0.662. The molecule has 10 heavy (non-hydrogen) atoms. The minimum absolute atomic E-state index is 0.662. The third-order valence-electron chi connectivity index (χ3n) is 1.85. The van der Waals surface area contributed by atoms with Gasteiger partial charge >= 0.3 is 0 Å². The van der Waals surface area contributed by atoms with E-state index in [0.717, 1.165) is 6.54 Å². The SMILES string of the molecule is CC1=CC=CC1CN(C)C. The molecular formula is C9H15N. The summed E-state index contributed by atoms with van der Waals surface area (Å²) in [6, 6.07) is 0.